The lowest BCUT2D eigenvalue weighted by Gasteiger charge is -2.32. The van der Waals surface area contributed by atoms with Crippen LogP contribution in [0.15, 0.2) is 48.5 Å². The number of rotatable bonds is 7. The van der Waals surface area contributed by atoms with E-state index in [4.69, 9.17) is 5.73 Å². The molecule has 0 heterocycles. The highest BCUT2D eigenvalue weighted by Crippen LogP contribution is 2.20. The van der Waals surface area contributed by atoms with E-state index >= 15 is 0 Å². The summed E-state index contributed by atoms with van der Waals surface area (Å²) in [5.74, 6) is 0.584. The Bertz CT molecular complexity index is 630. The molecule has 25 heavy (non-hydrogen) atoms. The van der Waals surface area contributed by atoms with Crippen molar-refractivity contribution in [1.82, 2.24) is 0 Å². The SMILES string of the molecule is CCc1ccc(C(N)C[N+](C)(C)Cc2ccc(C(C)C)cc2)cc1.[Cl-]. The fourth-order valence-corrected chi connectivity index (χ4v) is 3.21. The summed E-state index contributed by atoms with van der Waals surface area (Å²) in [6.07, 6.45) is 1.07. The summed E-state index contributed by atoms with van der Waals surface area (Å²) in [6, 6.07) is 17.9. The molecule has 2 N–H and O–H groups in total. The summed E-state index contributed by atoms with van der Waals surface area (Å²) in [7, 11) is 4.52. The molecule has 0 fully saturated rings. The van der Waals surface area contributed by atoms with Crippen molar-refractivity contribution >= 4 is 0 Å². The summed E-state index contributed by atoms with van der Waals surface area (Å²) in [6.45, 7) is 8.58. The number of benzene rings is 2. The van der Waals surface area contributed by atoms with Crippen LogP contribution in [0.4, 0.5) is 0 Å². The largest absolute Gasteiger partial charge is 1.00 e. The second kappa shape index (κ2) is 9.38. The van der Waals surface area contributed by atoms with Crippen molar-refractivity contribution in [3.05, 3.63) is 70.8 Å². The fourth-order valence-electron chi connectivity index (χ4n) is 3.21. The zero-order chi connectivity index (χ0) is 17.7. The van der Waals surface area contributed by atoms with Crippen molar-refractivity contribution in [2.75, 3.05) is 20.6 Å². The van der Waals surface area contributed by atoms with Gasteiger partial charge in [-0.15, -0.1) is 0 Å². The van der Waals surface area contributed by atoms with Crippen LogP contribution in [-0.4, -0.2) is 25.1 Å². The van der Waals surface area contributed by atoms with Gasteiger partial charge in [-0.25, -0.2) is 0 Å². The van der Waals surface area contributed by atoms with E-state index in [1.54, 1.807) is 0 Å². The topological polar surface area (TPSA) is 26.0 Å². The lowest BCUT2D eigenvalue weighted by atomic mass is 10.0. The molecule has 0 radical (unpaired) electrons. The number of hydrogen-bond donors (Lipinski definition) is 1. The van der Waals surface area contributed by atoms with Crippen LogP contribution < -0.4 is 18.1 Å². The first-order valence-corrected chi connectivity index (χ1v) is 9.06. The molecule has 0 aliphatic rings. The minimum absolute atomic E-state index is 0. The highest BCUT2D eigenvalue weighted by atomic mass is 35.5. The molecule has 3 heteroatoms. The molecule has 0 aliphatic heterocycles. The van der Waals surface area contributed by atoms with E-state index in [0.717, 1.165) is 24.0 Å². The first-order valence-electron chi connectivity index (χ1n) is 9.06. The lowest BCUT2D eigenvalue weighted by Crippen LogP contribution is -3.00. The summed E-state index contributed by atoms with van der Waals surface area (Å²) in [5, 5.41) is 0. The van der Waals surface area contributed by atoms with Gasteiger partial charge in [0.1, 0.15) is 6.54 Å². The maximum atomic E-state index is 6.47. The van der Waals surface area contributed by atoms with Crippen LogP contribution >= 0.6 is 0 Å². The molecule has 2 nitrogen and oxygen atoms in total. The summed E-state index contributed by atoms with van der Waals surface area (Å²) in [5.41, 5.74) is 11.8. The molecule has 138 valence electrons. The van der Waals surface area contributed by atoms with Gasteiger partial charge in [-0.3, -0.25) is 0 Å². The smallest absolute Gasteiger partial charge is 0.104 e. The van der Waals surface area contributed by atoms with Gasteiger partial charge in [-0.1, -0.05) is 69.3 Å². The standard InChI is InChI=1S/C22H33N2.ClH/c1-6-18-7-13-21(14-8-18)22(23)16-24(4,5)15-19-9-11-20(12-10-19)17(2)3;/h7-14,17,22H,6,15-16,23H2,1-5H3;1H/q+1;/p-1. The minimum atomic E-state index is 0. The van der Waals surface area contributed by atoms with E-state index in [-0.39, 0.29) is 18.4 Å². The van der Waals surface area contributed by atoms with Gasteiger partial charge in [0.25, 0.3) is 0 Å². The quantitative estimate of drug-likeness (QED) is 0.746. The highest BCUT2D eigenvalue weighted by molar-refractivity contribution is 5.25. The molecule has 0 saturated carbocycles. The molecular formula is C22H33ClN2. The van der Waals surface area contributed by atoms with Crippen LogP contribution in [0.2, 0.25) is 0 Å². The van der Waals surface area contributed by atoms with Crippen molar-refractivity contribution in [2.45, 2.75) is 45.7 Å². The Morgan fingerprint density at radius 2 is 1.32 bits per heavy atom. The minimum Gasteiger partial charge on any atom is -1.00 e. The Hall–Kier alpha value is -1.35. The number of hydrogen-bond acceptors (Lipinski definition) is 1. The number of halogens is 1. The highest BCUT2D eigenvalue weighted by Gasteiger charge is 2.21. The normalized spacial score (nSPS) is 12.8. The van der Waals surface area contributed by atoms with E-state index in [1.807, 2.05) is 0 Å². The molecule has 0 amide bonds. The van der Waals surface area contributed by atoms with E-state index in [1.165, 1.54) is 22.3 Å². The molecule has 1 unspecified atom stereocenters. The Labute approximate surface area is 160 Å². The van der Waals surface area contributed by atoms with Crippen LogP contribution in [0.1, 0.15) is 55.0 Å². The van der Waals surface area contributed by atoms with Crippen molar-refractivity contribution in [3.8, 4) is 0 Å². The molecule has 0 saturated heterocycles. The number of quaternary nitrogens is 1. The number of likely N-dealkylation sites (N-methyl/N-ethyl adjacent to an activating group) is 1. The molecule has 2 aromatic rings. The number of nitrogens with two attached hydrogens (primary N) is 1. The molecular weight excluding hydrogens is 328 g/mol. The van der Waals surface area contributed by atoms with E-state index in [9.17, 15) is 0 Å². The molecule has 0 aromatic heterocycles. The van der Waals surface area contributed by atoms with Gasteiger partial charge in [0.2, 0.25) is 0 Å². The monoisotopic (exact) mass is 360 g/mol. The molecule has 0 spiro atoms. The second-order valence-electron chi connectivity index (χ2n) is 7.87. The van der Waals surface area contributed by atoms with E-state index in [2.05, 4.69) is 83.4 Å². The Balaban J connectivity index is 0.00000312. The van der Waals surface area contributed by atoms with Crippen molar-refractivity contribution < 1.29 is 16.9 Å². The van der Waals surface area contributed by atoms with E-state index < -0.39 is 0 Å². The van der Waals surface area contributed by atoms with Crippen LogP contribution in [0.3, 0.4) is 0 Å². The molecule has 2 aromatic carbocycles. The predicted octanol–water partition coefficient (Wildman–Crippen LogP) is 1.65. The average molecular weight is 361 g/mol. The summed E-state index contributed by atoms with van der Waals surface area (Å²) >= 11 is 0. The lowest BCUT2D eigenvalue weighted by molar-refractivity contribution is -0.905. The molecule has 2 rings (SSSR count). The zero-order valence-electron chi connectivity index (χ0n) is 16.3. The van der Waals surface area contributed by atoms with Crippen molar-refractivity contribution in [2.24, 2.45) is 5.73 Å². The first-order chi connectivity index (χ1) is 11.3. The maximum absolute atomic E-state index is 6.47. The average Bonchev–Trinajstić information content (AvgIpc) is 2.54. The number of aryl methyl sites for hydroxylation is 1. The maximum Gasteiger partial charge on any atom is 0.104 e. The third-order valence-corrected chi connectivity index (χ3v) is 4.76. The summed E-state index contributed by atoms with van der Waals surface area (Å²) in [4.78, 5) is 0. The van der Waals surface area contributed by atoms with Gasteiger partial charge in [0, 0.05) is 5.56 Å². The zero-order valence-corrected chi connectivity index (χ0v) is 17.1. The van der Waals surface area contributed by atoms with Gasteiger partial charge >= 0.3 is 0 Å². The Kier molecular flexibility index (Phi) is 8.14. The van der Waals surface area contributed by atoms with Gasteiger partial charge < -0.3 is 22.6 Å². The molecule has 0 bridgehead atoms. The van der Waals surface area contributed by atoms with Crippen LogP contribution in [0, 0.1) is 0 Å². The van der Waals surface area contributed by atoms with Crippen molar-refractivity contribution in [3.63, 3.8) is 0 Å². The van der Waals surface area contributed by atoms with Gasteiger partial charge in [-0.2, -0.15) is 0 Å². The Morgan fingerprint density at radius 3 is 1.80 bits per heavy atom. The predicted molar refractivity (Wildman–Crippen MR) is 104 cm³/mol. The second-order valence-corrected chi connectivity index (χ2v) is 7.87. The van der Waals surface area contributed by atoms with Gasteiger partial charge in [-0.05, 0) is 29.0 Å². The van der Waals surface area contributed by atoms with Crippen molar-refractivity contribution in [1.29, 1.82) is 0 Å². The van der Waals surface area contributed by atoms with Crippen LogP contribution in [0.25, 0.3) is 0 Å². The van der Waals surface area contributed by atoms with Gasteiger partial charge in [0.15, 0.2) is 0 Å². The first kappa shape index (κ1) is 21.7. The summed E-state index contributed by atoms with van der Waals surface area (Å²) < 4.78 is 0.887. The third-order valence-electron chi connectivity index (χ3n) is 4.76. The van der Waals surface area contributed by atoms with E-state index in [0.29, 0.717) is 5.92 Å². The molecule has 1 atom stereocenters. The Morgan fingerprint density at radius 1 is 0.840 bits per heavy atom. The van der Waals surface area contributed by atoms with Crippen LogP contribution in [-0.2, 0) is 13.0 Å². The number of nitrogens with zero attached hydrogens (tertiary/aromatic N) is 1. The van der Waals surface area contributed by atoms with Crippen LogP contribution in [0.5, 0.6) is 0 Å². The third kappa shape index (κ3) is 6.47. The molecule has 0 aliphatic carbocycles. The fraction of sp³-hybridized carbons (Fsp3) is 0.455. The van der Waals surface area contributed by atoms with Gasteiger partial charge in [0.05, 0.1) is 26.7 Å².